The first-order chi connectivity index (χ1) is 17.4. The van der Waals surface area contributed by atoms with Crippen molar-refractivity contribution in [3.05, 3.63) is 76.7 Å². The van der Waals surface area contributed by atoms with Gasteiger partial charge in [0.25, 0.3) is 5.56 Å². The van der Waals surface area contributed by atoms with Crippen molar-refractivity contribution in [1.82, 2.24) is 14.5 Å². The molecule has 2 aromatic carbocycles. The highest BCUT2D eigenvalue weighted by Gasteiger charge is 2.14. The van der Waals surface area contributed by atoms with E-state index in [4.69, 9.17) is 16.3 Å². The molecule has 10 heteroatoms. The second-order valence-electron chi connectivity index (χ2n) is 7.62. The zero-order chi connectivity index (χ0) is 25.7. The molecule has 180 valence electrons. The Bertz CT molecular complexity index is 1550. The van der Waals surface area contributed by atoms with Crippen molar-refractivity contribution in [2.45, 2.75) is 12.8 Å². The second kappa shape index (κ2) is 10.4. The van der Waals surface area contributed by atoms with Crippen LogP contribution in [0, 0.1) is 12.3 Å². The first-order valence-electron chi connectivity index (χ1n) is 10.8. The average molecular weight is 483 g/mol. The van der Waals surface area contributed by atoms with Gasteiger partial charge in [-0.05, 0) is 36.4 Å². The maximum atomic E-state index is 13.0. The molecule has 2 aromatic heterocycles. The summed E-state index contributed by atoms with van der Waals surface area (Å²) in [4.78, 5) is 44.5. The minimum absolute atomic E-state index is 0.145. The number of nitrogens with zero attached hydrogens (tertiary/aromatic N) is 3. The monoisotopic (exact) mass is 483 g/mol. The zero-order valence-electron chi connectivity index (χ0n) is 19.2. The van der Waals surface area contributed by atoms with Crippen LogP contribution in [0.5, 0.6) is 5.75 Å². The number of anilines is 3. The lowest BCUT2D eigenvalue weighted by Crippen LogP contribution is -2.20. The van der Waals surface area contributed by atoms with Crippen LogP contribution < -0.4 is 20.9 Å². The van der Waals surface area contributed by atoms with E-state index in [1.165, 1.54) is 10.6 Å². The standard InChI is InChI=1S/C26H21N5O5/c1-3-16-14-23(33)31(18-10-8-17(9-11-18)28-22(32)12-13-24(34)35)25-19(16)15-27-26(30-25)29-20-6-4-5-7-21(20)36-2/h1,4-11,14-15H,12-13H2,2H3,(H,28,32)(H,34,35)(H,27,29,30). The van der Waals surface area contributed by atoms with Crippen LogP contribution in [0.2, 0.25) is 0 Å². The maximum absolute atomic E-state index is 13.0. The predicted molar refractivity (Wildman–Crippen MR) is 135 cm³/mol. The molecule has 0 aliphatic carbocycles. The number of fused-ring (bicyclic) bond motifs is 1. The maximum Gasteiger partial charge on any atom is 0.303 e. The van der Waals surface area contributed by atoms with Crippen molar-refractivity contribution in [2.24, 2.45) is 0 Å². The summed E-state index contributed by atoms with van der Waals surface area (Å²) in [5.74, 6) is 1.85. The largest absolute Gasteiger partial charge is 0.495 e. The molecule has 10 nitrogen and oxygen atoms in total. The van der Waals surface area contributed by atoms with E-state index >= 15 is 0 Å². The summed E-state index contributed by atoms with van der Waals surface area (Å²) in [7, 11) is 1.55. The quantitative estimate of drug-likeness (QED) is 0.325. The van der Waals surface area contributed by atoms with Crippen LogP contribution >= 0.6 is 0 Å². The number of carboxylic acids is 1. The fourth-order valence-corrected chi connectivity index (χ4v) is 3.54. The predicted octanol–water partition coefficient (Wildman–Crippen LogP) is 3.32. The summed E-state index contributed by atoms with van der Waals surface area (Å²) >= 11 is 0. The molecule has 0 saturated heterocycles. The van der Waals surface area contributed by atoms with Gasteiger partial charge in [0.2, 0.25) is 11.9 Å². The fraction of sp³-hybridized carbons (Fsp3) is 0.115. The Kier molecular flexibility index (Phi) is 6.92. The summed E-state index contributed by atoms with van der Waals surface area (Å²) < 4.78 is 6.75. The zero-order valence-corrected chi connectivity index (χ0v) is 19.2. The van der Waals surface area contributed by atoms with Gasteiger partial charge in [0.1, 0.15) is 5.75 Å². The van der Waals surface area contributed by atoms with Crippen molar-refractivity contribution in [1.29, 1.82) is 0 Å². The van der Waals surface area contributed by atoms with Crippen molar-refractivity contribution >= 4 is 40.2 Å². The van der Waals surface area contributed by atoms with Crippen LogP contribution in [0.1, 0.15) is 18.4 Å². The molecule has 0 unspecified atom stereocenters. The minimum Gasteiger partial charge on any atom is -0.495 e. The van der Waals surface area contributed by atoms with Gasteiger partial charge in [0.15, 0.2) is 5.65 Å². The van der Waals surface area contributed by atoms with Gasteiger partial charge in [0.05, 0.1) is 30.3 Å². The highest BCUT2D eigenvalue weighted by molar-refractivity contribution is 5.92. The summed E-state index contributed by atoms with van der Waals surface area (Å²) in [6.07, 6.45) is 6.75. The Balaban J connectivity index is 1.72. The molecular weight excluding hydrogens is 462 g/mol. The fourth-order valence-electron chi connectivity index (χ4n) is 3.54. The molecule has 3 N–H and O–H groups in total. The number of carbonyl (C=O) groups is 2. The number of rotatable bonds is 8. The number of hydrogen-bond donors (Lipinski definition) is 3. The van der Waals surface area contributed by atoms with Crippen molar-refractivity contribution in [3.8, 4) is 23.8 Å². The number of pyridine rings is 1. The highest BCUT2D eigenvalue weighted by atomic mass is 16.5. The van der Waals surface area contributed by atoms with Gasteiger partial charge >= 0.3 is 5.97 Å². The van der Waals surface area contributed by atoms with Gasteiger partial charge in [-0.3, -0.25) is 19.0 Å². The number of carbonyl (C=O) groups excluding carboxylic acids is 1. The van der Waals surface area contributed by atoms with Crippen LogP contribution in [-0.2, 0) is 9.59 Å². The number of benzene rings is 2. The van der Waals surface area contributed by atoms with Crippen LogP contribution in [0.4, 0.5) is 17.3 Å². The van der Waals surface area contributed by atoms with Gasteiger partial charge in [-0.2, -0.15) is 4.98 Å². The number of terminal acetylenes is 1. The van der Waals surface area contributed by atoms with Crippen molar-refractivity contribution in [2.75, 3.05) is 17.7 Å². The van der Waals surface area contributed by atoms with Crippen LogP contribution in [0.3, 0.4) is 0 Å². The summed E-state index contributed by atoms with van der Waals surface area (Å²) in [5.41, 5.74) is 1.84. The minimum atomic E-state index is -1.05. The Hall–Kier alpha value is -5.17. The van der Waals surface area contributed by atoms with Gasteiger partial charge in [-0.15, -0.1) is 6.42 Å². The topological polar surface area (TPSA) is 135 Å². The number of nitrogens with one attached hydrogen (secondary N) is 2. The van der Waals surface area contributed by atoms with E-state index in [-0.39, 0.29) is 18.8 Å². The van der Waals surface area contributed by atoms with Gasteiger partial charge in [-0.25, -0.2) is 4.98 Å². The van der Waals surface area contributed by atoms with E-state index < -0.39 is 17.4 Å². The van der Waals surface area contributed by atoms with E-state index in [9.17, 15) is 14.4 Å². The molecule has 0 bridgehead atoms. The molecule has 1 amide bonds. The lowest BCUT2D eigenvalue weighted by Gasteiger charge is -2.14. The molecule has 36 heavy (non-hydrogen) atoms. The first kappa shape index (κ1) is 24.0. The number of hydrogen-bond acceptors (Lipinski definition) is 7. The Morgan fingerprint density at radius 2 is 1.89 bits per heavy atom. The Morgan fingerprint density at radius 3 is 2.58 bits per heavy atom. The van der Waals surface area contributed by atoms with E-state index in [0.717, 1.165) is 0 Å². The lowest BCUT2D eigenvalue weighted by molar-refractivity contribution is -0.138. The Labute approximate surface area is 205 Å². The number of para-hydroxylation sites is 2. The molecular formula is C26H21N5O5. The number of aromatic nitrogens is 3. The smallest absolute Gasteiger partial charge is 0.303 e. The molecule has 0 radical (unpaired) electrons. The molecule has 0 aliphatic heterocycles. The molecule has 0 aliphatic rings. The molecule has 0 fully saturated rings. The van der Waals surface area contributed by atoms with Gasteiger partial charge in [0, 0.05) is 29.9 Å². The third-order valence-corrected chi connectivity index (χ3v) is 5.24. The third-order valence-electron chi connectivity index (χ3n) is 5.24. The second-order valence-corrected chi connectivity index (χ2v) is 7.62. The molecule has 2 heterocycles. The number of carboxylic acid groups (broad SMARTS) is 1. The van der Waals surface area contributed by atoms with Gasteiger partial charge < -0.3 is 20.5 Å². The normalized spacial score (nSPS) is 10.4. The van der Waals surface area contributed by atoms with Crippen molar-refractivity contribution in [3.63, 3.8) is 0 Å². The van der Waals surface area contributed by atoms with Crippen LogP contribution in [-0.4, -0.2) is 38.6 Å². The molecule has 0 atom stereocenters. The third kappa shape index (κ3) is 5.15. The summed E-state index contributed by atoms with van der Waals surface area (Å²) in [5, 5.41) is 15.0. The number of methoxy groups -OCH3 is 1. The van der Waals surface area contributed by atoms with E-state index in [0.29, 0.717) is 39.4 Å². The van der Waals surface area contributed by atoms with Crippen molar-refractivity contribution < 1.29 is 19.4 Å². The lowest BCUT2D eigenvalue weighted by atomic mass is 10.1. The van der Waals surface area contributed by atoms with Gasteiger partial charge in [-0.1, -0.05) is 18.1 Å². The molecule has 0 saturated carbocycles. The first-order valence-corrected chi connectivity index (χ1v) is 10.8. The Morgan fingerprint density at radius 1 is 1.14 bits per heavy atom. The number of amides is 1. The number of ether oxygens (including phenoxy) is 1. The van der Waals surface area contributed by atoms with Crippen LogP contribution in [0.25, 0.3) is 16.7 Å². The van der Waals surface area contributed by atoms with Crippen LogP contribution in [0.15, 0.2) is 65.6 Å². The van der Waals surface area contributed by atoms with E-state index in [1.807, 2.05) is 12.1 Å². The molecule has 0 spiro atoms. The van der Waals surface area contributed by atoms with E-state index in [2.05, 4.69) is 26.5 Å². The SMILES string of the molecule is C#Cc1cc(=O)n(-c2ccc(NC(=O)CCC(=O)O)cc2)c2nc(Nc3ccccc3OC)ncc12. The number of aliphatic carboxylic acids is 1. The average Bonchev–Trinajstić information content (AvgIpc) is 2.88. The van der Waals surface area contributed by atoms with E-state index in [1.54, 1.807) is 49.7 Å². The molecule has 4 rings (SSSR count). The summed E-state index contributed by atoms with van der Waals surface area (Å²) in [6, 6.07) is 15.1. The highest BCUT2D eigenvalue weighted by Crippen LogP contribution is 2.27. The summed E-state index contributed by atoms with van der Waals surface area (Å²) in [6.45, 7) is 0. The molecule has 4 aromatic rings.